The second kappa shape index (κ2) is 10.5. The van der Waals surface area contributed by atoms with E-state index in [0.29, 0.717) is 0 Å². The molecule has 0 aliphatic heterocycles. The van der Waals surface area contributed by atoms with E-state index in [-0.39, 0.29) is 26.2 Å². The highest BCUT2D eigenvalue weighted by molar-refractivity contribution is 5.74. The predicted octanol–water partition coefficient (Wildman–Crippen LogP) is -1.59. The van der Waals surface area contributed by atoms with Crippen LogP contribution in [0.4, 0.5) is 0 Å². The van der Waals surface area contributed by atoms with Crippen LogP contribution in [0.1, 0.15) is 6.92 Å². The third-order valence-electron chi connectivity index (χ3n) is 2.47. The van der Waals surface area contributed by atoms with Gasteiger partial charge in [-0.05, 0) is 6.92 Å². The number of ether oxygens (including phenoxy) is 1. The van der Waals surface area contributed by atoms with Crippen molar-refractivity contribution in [3.05, 3.63) is 0 Å². The maximum Gasteiger partial charge on any atom is 0.320 e. The average molecular weight is 320 g/mol. The number of carboxylic acids is 3. The summed E-state index contributed by atoms with van der Waals surface area (Å²) in [5.41, 5.74) is 0. The molecular formula is C12H20N2O8. The van der Waals surface area contributed by atoms with E-state index in [1.165, 1.54) is 4.90 Å². The lowest BCUT2D eigenvalue weighted by atomic mass is 10.4. The van der Waals surface area contributed by atoms with Gasteiger partial charge in [-0.25, -0.2) is 0 Å². The van der Waals surface area contributed by atoms with Crippen molar-refractivity contribution in [3.8, 4) is 0 Å². The van der Waals surface area contributed by atoms with Crippen LogP contribution in [0, 0.1) is 0 Å². The van der Waals surface area contributed by atoms with Gasteiger partial charge in [-0.15, -0.1) is 0 Å². The first-order valence-corrected chi connectivity index (χ1v) is 6.50. The molecular weight excluding hydrogens is 300 g/mol. The molecule has 3 N–H and O–H groups in total. The van der Waals surface area contributed by atoms with Crippen molar-refractivity contribution < 1.29 is 39.2 Å². The molecule has 0 aromatic carbocycles. The Morgan fingerprint density at radius 3 is 1.45 bits per heavy atom. The van der Waals surface area contributed by atoms with Crippen molar-refractivity contribution in [2.45, 2.75) is 6.92 Å². The van der Waals surface area contributed by atoms with E-state index in [1.54, 1.807) is 6.92 Å². The zero-order chi connectivity index (χ0) is 17.1. The van der Waals surface area contributed by atoms with Gasteiger partial charge in [0, 0.05) is 13.1 Å². The Morgan fingerprint density at radius 2 is 1.14 bits per heavy atom. The van der Waals surface area contributed by atoms with E-state index in [4.69, 9.17) is 20.1 Å². The second-order valence-corrected chi connectivity index (χ2v) is 4.41. The van der Waals surface area contributed by atoms with Gasteiger partial charge in [0.2, 0.25) is 0 Å². The molecule has 0 atom stereocenters. The summed E-state index contributed by atoms with van der Waals surface area (Å²) in [6.07, 6.45) is 0. The summed E-state index contributed by atoms with van der Waals surface area (Å²) >= 11 is 0. The van der Waals surface area contributed by atoms with Gasteiger partial charge in [-0.2, -0.15) is 0 Å². The SMILES string of the molecule is CCOC(=O)CN(CCN(CC(=O)O)CC(=O)O)CC(=O)O. The molecule has 0 amide bonds. The van der Waals surface area contributed by atoms with E-state index < -0.39 is 43.5 Å². The van der Waals surface area contributed by atoms with Crippen molar-refractivity contribution in [1.29, 1.82) is 0 Å². The molecule has 0 fully saturated rings. The number of carbonyl (C=O) groups is 4. The molecule has 0 aromatic heterocycles. The summed E-state index contributed by atoms with van der Waals surface area (Å²) in [6, 6.07) is 0. The van der Waals surface area contributed by atoms with Crippen LogP contribution < -0.4 is 0 Å². The van der Waals surface area contributed by atoms with Gasteiger partial charge < -0.3 is 20.1 Å². The lowest BCUT2D eigenvalue weighted by molar-refractivity contribution is -0.147. The Hall–Kier alpha value is -2.20. The summed E-state index contributed by atoms with van der Waals surface area (Å²) in [5.74, 6) is -4.16. The van der Waals surface area contributed by atoms with Crippen molar-refractivity contribution in [2.24, 2.45) is 0 Å². The average Bonchev–Trinajstić information content (AvgIpc) is 2.33. The zero-order valence-corrected chi connectivity index (χ0v) is 12.2. The van der Waals surface area contributed by atoms with E-state index in [1.807, 2.05) is 0 Å². The van der Waals surface area contributed by atoms with E-state index >= 15 is 0 Å². The summed E-state index contributed by atoms with van der Waals surface area (Å²) in [7, 11) is 0. The molecule has 22 heavy (non-hydrogen) atoms. The Balaban J connectivity index is 4.59. The van der Waals surface area contributed by atoms with Crippen molar-refractivity contribution in [1.82, 2.24) is 9.80 Å². The van der Waals surface area contributed by atoms with Crippen LogP contribution in [0.15, 0.2) is 0 Å². The molecule has 0 unspecified atom stereocenters. The summed E-state index contributed by atoms with van der Waals surface area (Å²) in [5, 5.41) is 26.2. The van der Waals surface area contributed by atoms with Crippen LogP contribution in [0.25, 0.3) is 0 Å². The fraction of sp³-hybridized carbons (Fsp3) is 0.667. The monoisotopic (exact) mass is 320 g/mol. The first-order chi connectivity index (χ1) is 10.2. The lowest BCUT2D eigenvalue weighted by Gasteiger charge is -2.24. The highest BCUT2D eigenvalue weighted by atomic mass is 16.5. The fourth-order valence-electron chi connectivity index (χ4n) is 1.67. The first kappa shape index (κ1) is 19.8. The molecule has 0 aliphatic rings. The normalized spacial score (nSPS) is 10.7. The number of aliphatic carboxylic acids is 3. The maximum atomic E-state index is 11.4. The number of carboxylic acid groups (broad SMARTS) is 3. The highest BCUT2D eigenvalue weighted by Crippen LogP contribution is 1.95. The van der Waals surface area contributed by atoms with Gasteiger partial charge in [0.25, 0.3) is 0 Å². The highest BCUT2D eigenvalue weighted by Gasteiger charge is 2.18. The van der Waals surface area contributed by atoms with Gasteiger partial charge in [-0.1, -0.05) is 0 Å². The molecule has 0 heterocycles. The maximum absolute atomic E-state index is 11.4. The third-order valence-corrected chi connectivity index (χ3v) is 2.47. The zero-order valence-electron chi connectivity index (χ0n) is 12.2. The molecule has 0 spiro atoms. The Bertz CT molecular complexity index is 396. The smallest absolute Gasteiger partial charge is 0.320 e. The molecule has 0 saturated carbocycles. The Morgan fingerprint density at radius 1 is 0.773 bits per heavy atom. The molecule has 0 aliphatic carbocycles. The van der Waals surface area contributed by atoms with Gasteiger partial charge in [0.1, 0.15) is 0 Å². The van der Waals surface area contributed by atoms with Crippen LogP contribution in [0.3, 0.4) is 0 Å². The van der Waals surface area contributed by atoms with Crippen LogP contribution in [0.5, 0.6) is 0 Å². The van der Waals surface area contributed by atoms with Crippen LogP contribution >= 0.6 is 0 Å². The molecule has 0 rings (SSSR count). The standard InChI is InChI=1S/C12H20N2O8/c1-2-22-12(21)8-14(7-11(19)20)4-3-13(5-9(15)16)6-10(17)18/h2-8H2,1H3,(H,15,16)(H,17,18)(H,19,20). The summed E-state index contributed by atoms with van der Waals surface area (Å²) in [6.45, 7) is 0.0852. The van der Waals surface area contributed by atoms with Crippen molar-refractivity contribution in [3.63, 3.8) is 0 Å². The van der Waals surface area contributed by atoms with E-state index in [0.717, 1.165) is 4.90 Å². The van der Waals surface area contributed by atoms with Crippen LogP contribution in [-0.2, 0) is 23.9 Å². The Labute approximate surface area is 126 Å². The number of nitrogens with zero attached hydrogens (tertiary/aromatic N) is 2. The topological polar surface area (TPSA) is 145 Å². The third kappa shape index (κ3) is 10.6. The van der Waals surface area contributed by atoms with Crippen LogP contribution in [-0.4, -0.2) is 94.9 Å². The number of carbonyl (C=O) groups excluding carboxylic acids is 1. The molecule has 0 radical (unpaired) electrons. The van der Waals surface area contributed by atoms with E-state index in [2.05, 4.69) is 0 Å². The van der Waals surface area contributed by atoms with Crippen LogP contribution in [0.2, 0.25) is 0 Å². The molecule has 10 nitrogen and oxygen atoms in total. The second-order valence-electron chi connectivity index (χ2n) is 4.41. The number of rotatable bonds is 12. The number of hydrogen-bond donors (Lipinski definition) is 3. The van der Waals surface area contributed by atoms with Gasteiger partial charge in [-0.3, -0.25) is 29.0 Å². The van der Waals surface area contributed by atoms with Crippen molar-refractivity contribution >= 4 is 23.9 Å². The quantitative estimate of drug-likeness (QED) is 0.360. The molecule has 126 valence electrons. The Kier molecular flexibility index (Phi) is 9.46. The minimum absolute atomic E-state index is 0.00865. The summed E-state index contributed by atoms with van der Waals surface area (Å²) in [4.78, 5) is 45.8. The largest absolute Gasteiger partial charge is 0.480 e. The van der Waals surface area contributed by atoms with Gasteiger partial charge >= 0.3 is 23.9 Å². The molecule has 0 saturated heterocycles. The molecule has 0 aromatic rings. The van der Waals surface area contributed by atoms with E-state index in [9.17, 15) is 19.2 Å². The number of hydrogen-bond acceptors (Lipinski definition) is 7. The lowest BCUT2D eigenvalue weighted by Crippen LogP contribution is -2.43. The minimum Gasteiger partial charge on any atom is -0.480 e. The fourth-order valence-corrected chi connectivity index (χ4v) is 1.67. The molecule has 10 heteroatoms. The minimum atomic E-state index is -1.20. The van der Waals surface area contributed by atoms with Gasteiger partial charge in [0.05, 0.1) is 32.8 Å². The van der Waals surface area contributed by atoms with Gasteiger partial charge in [0.15, 0.2) is 0 Å². The number of esters is 1. The predicted molar refractivity (Wildman–Crippen MR) is 72.4 cm³/mol. The first-order valence-electron chi connectivity index (χ1n) is 6.50. The molecule has 0 bridgehead atoms. The summed E-state index contributed by atoms with van der Waals surface area (Å²) < 4.78 is 4.71. The van der Waals surface area contributed by atoms with Crippen molar-refractivity contribution in [2.75, 3.05) is 45.9 Å².